The van der Waals surface area contributed by atoms with Crippen LogP contribution in [0.4, 0.5) is 8.78 Å². The molecule has 14 heavy (non-hydrogen) atoms. The molecule has 0 radical (unpaired) electrons. The van der Waals surface area contributed by atoms with Gasteiger partial charge in [0.25, 0.3) is 6.43 Å². The van der Waals surface area contributed by atoms with Crippen LogP contribution in [-0.4, -0.2) is 12.1 Å². The zero-order valence-electron chi connectivity index (χ0n) is 7.23. The quantitative estimate of drug-likeness (QED) is 0.456. The van der Waals surface area contributed by atoms with E-state index in [9.17, 15) is 8.78 Å². The monoisotopic (exact) mass is 377 g/mol. The largest absolute Gasteiger partial charge is 0.481 e. The van der Waals surface area contributed by atoms with Crippen molar-refractivity contribution in [2.75, 3.05) is 7.11 Å². The van der Waals surface area contributed by atoms with E-state index in [0.29, 0.717) is 9.03 Å². The minimum atomic E-state index is -2.56. The lowest BCUT2D eigenvalue weighted by Gasteiger charge is -2.09. The zero-order chi connectivity index (χ0) is 10.7. The molecule has 6 heteroatoms. The lowest BCUT2D eigenvalue weighted by molar-refractivity contribution is 0.146. The van der Waals surface area contributed by atoms with E-state index < -0.39 is 6.43 Å². The van der Waals surface area contributed by atoms with E-state index in [2.05, 4.69) is 20.9 Å². The molecule has 0 aliphatic heterocycles. The highest BCUT2D eigenvalue weighted by molar-refractivity contribution is 14.1. The minimum absolute atomic E-state index is 0.00546. The van der Waals surface area contributed by atoms with E-state index in [1.165, 1.54) is 13.2 Å². The maximum atomic E-state index is 12.5. The standard InChI is InChI=1S/C8H7BrF2INO/c1-14-8-5(6(10)11)2-4(3-9)7(12)13-8/h2,6H,3H2,1H3. The van der Waals surface area contributed by atoms with E-state index in [4.69, 9.17) is 4.74 Å². The third-order valence-corrected chi connectivity index (χ3v) is 3.15. The highest BCUT2D eigenvalue weighted by atomic mass is 127. The first-order valence-corrected chi connectivity index (χ1v) is 5.87. The van der Waals surface area contributed by atoms with Gasteiger partial charge in [-0.3, -0.25) is 0 Å². The number of methoxy groups -OCH3 is 1. The molecule has 0 aromatic carbocycles. The number of hydrogen-bond acceptors (Lipinski definition) is 2. The third kappa shape index (κ3) is 2.53. The molecule has 1 aromatic rings. The van der Waals surface area contributed by atoms with Gasteiger partial charge in [-0.05, 0) is 34.2 Å². The highest BCUT2D eigenvalue weighted by Gasteiger charge is 2.17. The van der Waals surface area contributed by atoms with Crippen molar-refractivity contribution >= 4 is 38.5 Å². The van der Waals surface area contributed by atoms with Crippen LogP contribution in [0.25, 0.3) is 0 Å². The molecular formula is C8H7BrF2INO. The number of hydrogen-bond donors (Lipinski definition) is 0. The maximum Gasteiger partial charge on any atom is 0.269 e. The Balaban J connectivity index is 3.25. The minimum Gasteiger partial charge on any atom is -0.481 e. The predicted molar refractivity (Wildman–Crippen MR) is 61.1 cm³/mol. The fraction of sp³-hybridized carbons (Fsp3) is 0.375. The molecule has 0 saturated heterocycles. The van der Waals surface area contributed by atoms with Crippen molar-refractivity contribution in [2.45, 2.75) is 11.8 Å². The first kappa shape index (κ1) is 12.1. The summed E-state index contributed by atoms with van der Waals surface area (Å²) < 4.78 is 30.5. The third-order valence-electron chi connectivity index (χ3n) is 1.61. The molecule has 1 heterocycles. The normalized spacial score (nSPS) is 10.7. The van der Waals surface area contributed by atoms with Gasteiger partial charge in [0.05, 0.1) is 12.7 Å². The summed E-state index contributed by atoms with van der Waals surface area (Å²) in [4.78, 5) is 3.94. The van der Waals surface area contributed by atoms with Crippen LogP contribution in [0.5, 0.6) is 5.88 Å². The topological polar surface area (TPSA) is 22.1 Å². The van der Waals surface area contributed by atoms with Crippen LogP contribution in [0.2, 0.25) is 0 Å². The first-order valence-electron chi connectivity index (χ1n) is 3.67. The SMILES string of the molecule is COc1nc(I)c(CBr)cc1C(F)F. The summed E-state index contributed by atoms with van der Waals surface area (Å²) in [6, 6.07) is 1.41. The van der Waals surface area contributed by atoms with Crippen LogP contribution in [0.1, 0.15) is 17.6 Å². The molecule has 0 bridgehead atoms. The molecule has 78 valence electrons. The Morgan fingerprint density at radius 3 is 2.71 bits per heavy atom. The summed E-state index contributed by atoms with van der Waals surface area (Å²) in [5, 5.41) is 0.502. The van der Waals surface area contributed by atoms with Crippen molar-refractivity contribution in [3.63, 3.8) is 0 Å². The van der Waals surface area contributed by atoms with Gasteiger partial charge in [-0.1, -0.05) is 15.9 Å². The molecule has 0 aliphatic carbocycles. The van der Waals surface area contributed by atoms with Crippen molar-refractivity contribution in [1.82, 2.24) is 4.98 Å². The van der Waals surface area contributed by atoms with Gasteiger partial charge >= 0.3 is 0 Å². The van der Waals surface area contributed by atoms with Crippen LogP contribution in [0, 0.1) is 3.70 Å². The Bertz CT molecular complexity index is 335. The van der Waals surface area contributed by atoms with Gasteiger partial charge in [-0.25, -0.2) is 13.8 Å². The van der Waals surface area contributed by atoms with Gasteiger partial charge < -0.3 is 4.74 Å². The molecule has 0 fully saturated rings. The van der Waals surface area contributed by atoms with Crippen molar-refractivity contribution in [3.05, 3.63) is 20.9 Å². The Labute approximate surface area is 102 Å². The van der Waals surface area contributed by atoms with E-state index in [1.54, 1.807) is 0 Å². The summed E-state index contributed by atoms with van der Waals surface area (Å²) in [7, 11) is 1.33. The number of alkyl halides is 3. The molecule has 2 nitrogen and oxygen atoms in total. The van der Waals surface area contributed by atoms with Gasteiger partial charge in [0, 0.05) is 5.33 Å². The number of halogens is 4. The summed E-state index contributed by atoms with van der Waals surface area (Å²) >= 11 is 5.19. The molecule has 0 amide bonds. The molecule has 0 N–H and O–H groups in total. The summed E-state index contributed by atoms with van der Waals surface area (Å²) in [6.45, 7) is 0. The molecule has 0 aliphatic rings. The Morgan fingerprint density at radius 2 is 2.29 bits per heavy atom. The summed E-state index contributed by atoms with van der Waals surface area (Å²) in [5.74, 6) is -0.00546. The second-order valence-corrected chi connectivity index (χ2v) is 4.05. The van der Waals surface area contributed by atoms with E-state index in [1.807, 2.05) is 22.6 Å². The van der Waals surface area contributed by atoms with Gasteiger partial charge in [0.15, 0.2) is 0 Å². The average molecular weight is 378 g/mol. The second-order valence-electron chi connectivity index (χ2n) is 2.47. The Morgan fingerprint density at radius 1 is 1.64 bits per heavy atom. The number of ether oxygens (including phenoxy) is 1. The van der Waals surface area contributed by atoms with Gasteiger partial charge in [0.2, 0.25) is 5.88 Å². The fourth-order valence-electron chi connectivity index (χ4n) is 0.948. The predicted octanol–water partition coefficient (Wildman–Crippen LogP) is 3.53. The van der Waals surface area contributed by atoms with Gasteiger partial charge in [0.1, 0.15) is 3.70 Å². The zero-order valence-corrected chi connectivity index (χ0v) is 11.0. The maximum absolute atomic E-state index is 12.5. The fourth-order valence-corrected chi connectivity index (χ4v) is 2.47. The molecular weight excluding hydrogens is 371 g/mol. The van der Waals surface area contributed by atoms with E-state index >= 15 is 0 Å². The smallest absolute Gasteiger partial charge is 0.269 e. The summed E-state index contributed by atoms with van der Waals surface area (Å²) in [6.07, 6.45) is -2.56. The first-order chi connectivity index (χ1) is 6.60. The van der Waals surface area contributed by atoms with Crippen LogP contribution < -0.4 is 4.74 Å². The van der Waals surface area contributed by atoms with Crippen LogP contribution in [-0.2, 0) is 5.33 Å². The van der Waals surface area contributed by atoms with Crippen molar-refractivity contribution in [1.29, 1.82) is 0 Å². The Kier molecular flexibility index (Phi) is 4.49. The number of rotatable bonds is 3. The molecule has 0 spiro atoms. The lowest BCUT2D eigenvalue weighted by atomic mass is 10.2. The van der Waals surface area contributed by atoms with Gasteiger partial charge in [-0.15, -0.1) is 0 Å². The molecule has 0 unspecified atom stereocenters. The second kappa shape index (κ2) is 5.20. The van der Waals surface area contributed by atoms with Crippen LogP contribution >= 0.6 is 38.5 Å². The molecule has 0 saturated carbocycles. The van der Waals surface area contributed by atoms with Crippen LogP contribution in [0.15, 0.2) is 6.07 Å². The lowest BCUT2D eigenvalue weighted by Crippen LogP contribution is -2.00. The molecule has 0 atom stereocenters. The molecule has 1 aromatic heterocycles. The molecule has 1 rings (SSSR count). The van der Waals surface area contributed by atoms with Crippen LogP contribution in [0.3, 0.4) is 0 Å². The van der Waals surface area contributed by atoms with Crippen molar-refractivity contribution < 1.29 is 13.5 Å². The van der Waals surface area contributed by atoms with Gasteiger partial charge in [-0.2, -0.15) is 0 Å². The highest BCUT2D eigenvalue weighted by Crippen LogP contribution is 2.30. The Hall–Kier alpha value is 0.0200. The number of pyridine rings is 1. The van der Waals surface area contributed by atoms with Crippen molar-refractivity contribution in [3.8, 4) is 5.88 Å². The van der Waals surface area contributed by atoms with E-state index in [0.717, 1.165) is 5.56 Å². The summed E-state index contributed by atoms with van der Waals surface area (Å²) in [5.41, 5.74) is 0.573. The number of nitrogens with zero attached hydrogens (tertiary/aromatic N) is 1. The average Bonchev–Trinajstić information content (AvgIpc) is 2.16. The number of aromatic nitrogens is 1. The van der Waals surface area contributed by atoms with Crippen molar-refractivity contribution in [2.24, 2.45) is 0 Å². The van der Waals surface area contributed by atoms with E-state index in [-0.39, 0.29) is 11.4 Å².